The van der Waals surface area contributed by atoms with Gasteiger partial charge in [0.15, 0.2) is 5.65 Å². The molecule has 2 heterocycles. The van der Waals surface area contributed by atoms with Crippen molar-refractivity contribution in [3.8, 4) is 0 Å². The maximum Gasteiger partial charge on any atom is 0.233 e. The van der Waals surface area contributed by atoms with Crippen LogP contribution in [-0.4, -0.2) is 15.0 Å². The molecule has 11 heavy (non-hydrogen) atoms. The number of H-pyrrole nitrogens is 1. The van der Waals surface area contributed by atoms with E-state index in [1.807, 2.05) is 0 Å². The summed E-state index contributed by atoms with van der Waals surface area (Å²) in [6, 6.07) is 0. The topological polar surface area (TPSA) is 41.6 Å². The van der Waals surface area contributed by atoms with Crippen LogP contribution in [-0.2, 0) is 0 Å². The van der Waals surface area contributed by atoms with Crippen LogP contribution in [0.3, 0.4) is 0 Å². The fraction of sp³-hybridized carbons (Fsp3) is 0. The number of hydrogen-bond acceptors (Lipinski definition) is 2. The van der Waals surface area contributed by atoms with Crippen molar-refractivity contribution >= 4 is 33.8 Å². The van der Waals surface area contributed by atoms with Crippen molar-refractivity contribution in [2.24, 2.45) is 0 Å². The van der Waals surface area contributed by atoms with Crippen LogP contribution in [0.25, 0.3) is 11.2 Å². The molecule has 0 radical (unpaired) electrons. The molecule has 2 rings (SSSR count). The lowest BCUT2D eigenvalue weighted by Crippen LogP contribution is -1.85. The van der Waals surface area contributed by atoms with E-state index in [4.69, 9.17) is 0 Å². The van der Waals surface area contributed by atoms with Gasteiger partial charge in [0.05, 0.1) is 9.77 Å². The van der Waals surface area contributed by atoms with E-state index in [0.717, 1.165) is 9.77 Å². The Hall–Kier alpha value is -0.720. The molecule has 3 nitrogen and oxygen atoms in total. The summed E-state index contributed by atoms with van der Waals surface area (Å²) in [5.74, 6) is -0.559. The summed E-state index contributed by atoms with van der Waals surface area (Å²) in [6.07, 6.45) is 2.85. The van der Waals surface area contributed by atoms with Crippen molar-refractivity contribution in [2.45, 2.75) is 0 Å². The van der Waals surface area contributed by atoms with Gasteiger partial charge in [0.2, 0.25) is 5.95 Å². The lowest BCUT2D eigenvalue weighted by molar-refractivity contribution is 0.582. The molecule has 0 unspecified atom stereocenters. The van der Waals surface area contributed by atoms with Crippen LogP contribution in [0.5, 0.6) is 0 Å². The lowest BCUT2D eigenvalue weighted by Gasteiger charge is -1.87. The summed E-state index contributed by atoms with van der Waals surface area (Å²) >= 11 is 2.11. The molecule has 0 fully saturated rings. The molecule has 0 amide bonds. The summed E-state index contributed by atoms with van der Waals surface area (Å²) < 4.78 is 13.4. The van der Waals surface area contributed by atoms with Crippen molar-refractivity contribution in [3.63, 3.8) is 0 Å². The first-order chi connectivity index (χ1) is 5.27. The van der Waals surface area contributed by atoms with Crippen LogP contribution in [0, 0.1) is 9.52 Å². The second kappa shape index (κ2) is 2.40. The van der Waals surface area contributed by atoms with E-state index in [1.165, 1.54) is 0 Å². The van der Waals surface area contributed by atoms with Gasteiger partial charge in [-0.25, -0.2) is 4.98 Å². The standard InChI is InChI=1S/C6H3FIN3/c7-4-2-9-5-3(8)1-10-6(5)11-4/h1-2H,(H,10,11). The fourth-order valence-electron chi connectivity index (χ4n) is 0.843. The van der Waals surface area contributed by atoms with Crippen LogP contribution >= 0.6 is 22.6 Å². The molecule has 56 valence electrons. The van der Waals surface area contributed by atoms with E-state index in [1.54, 1.807) is 6.20 Å². The van der Waals surface area contributed by atoms with Gasteiger partial charge in [-0.1, -0.05) is 0 Å². The zero-order valence-electron chi connectivity index (χ0n) is 5.31. The van der Waals surface area contributed by atoms with Gasteiger partial charge >= 0.3 is 0 Å². The largest absolute Gasteiger partial charge is 0.344 e. The third-order valence-electron chi connectivity index (χ3n) is 1.30. The van der Waals surface area contributed by atoms with Crippen molar-refractivity contribution in [3.05, 3.63) is 21.9 Å². The van der Waals surface area contributed by atoms with E-state index in [2.05, 4.69) is 37.5 Å². The highest BCUT2D eigenvalue weighted by Gasteiger charge is 2.03. The molecule has 0 aliphatic rings. The molecular weight excluding hydrogens is 260 g/mol. The van der Waals surface area contributed by atoms with Crippen LogP contribution in [0.4, 0.5) is 4.39 Å². The maximum atomic E-state index is 12.4. The van der Waals surface area contributed by atoms with Crippen LogP contribution in [0.15, 0.2) is 12.4 Å². The molecular formula is C6H3FIN3. The molecule has 2 aromatic heterocycles. The maximum absolute atomic E-state index is 12.4. The Morgan fingerprint density at radius 1 is 1.55 bits per heavy atom. The molecule has 0 aromatic carbocycles. The van der Waals surface area contributed by atoms with E-state index in [-0.39, 0.29) is 0 Å². The van der Waals surface area contributed by atoms with Crippen molar-refractivity contribution in [1.29, 1.82) is 0 Å². The minimum atomic E-state index is -0.559. The molecule has 1 N–H and O–H groups in total. The van der Waals surface area contributed by atoms with Crippen molar-refractivity contribution < 1.29 is 4.39 Å². The Morgan fingerprint density at radius 2 is 2.36 bits per heavy atom. The zero-order valence-corrected chi connectivity index (χ0v) is 7.46. The Morgan fingerprint density at radius 3 is 3.18 bits per heavy atom. The number of nitrogens with one attached hydrogen (secondary N) is 1. The van der Waals surface area contributed by atoms with Crippen molar-refractivity contribution in [2.75, 3.05) is 0 Å². The Labute approximate surface area is 75.2 Å². The number of aromatic nitrogens is 3. The highest BCUT2D eigenvalue weighted by atomic mass is 127. The predicted octanol–water partition coefficient (Wildman–Crippen LogP) is 1.70. The summed E-state index contributed by atoms with van der Waals surface area (Å²) in [4.78, 5) is 10.3. The number of hydrogen-bond donors (Lipinski definition) is 1. The normalized spacial score (nSPS) is 10.7. The predicted molar refractivity (Wildman–Crippen MR) is 46.6 cm³/mol. The Bertz CT molecular complexity index is 398. The van der Waals surface area contributed by atoms with Gasteiger partial charge in [0.25, 0.3) is 0 Å². The first kappa shape index (κ1) is 6.96. The molecule has 5 heteroatoms. The average Bonchev–Trinajstić information content (AvgIpc) is 2.32. The summed E-state index contributed by atoms with van der Waals surface area (Å²) in [7, 11) is 0. The van der Waals surface area contributed by atoms with Gasteiger partial charge in [0, 0.05) is 6.20 Å². The van der Waals surface area contributed by atoms with Gasteiger partial charge in [-0.2, -0.15) is 9.37 Å². The molecule has 2 aromatic rings. The Balaban J connectivity index is 2.86. The van der Waals surface area contributed by atoms with Crippen LogP contribution < -0.4 is 0 Å². The first-order valence-electron chi connectivity index (χ1n) is 2.92. The monoisotopic (exact) mass is 263 g/mol. The number of aromatic amines is 1. The minimum absolute atomic E-state index is 0.495. The molecule has 0 aliphatic carbocycles. The summed E-state index contributed by atoms with van der Waals surface area (Å²) in [6.45, 7) is 0. The van der Waals surface area contributed by atoms with E-state index in [9.17, 15) is 4.39 Å². The van der Waals surface area contributed by atoms with Gasteiger partial charge in [-0.15, -0.1) is 0 Å². The zero-order chi connectivity index (χ0) is 7.84. The summed E-state index contributed by atoms with van der Waals surface area (Å²) in [5.41, 5.74) is 1.21. The van der Waals surface area contributed by atoms with E-state index in [0.29, 0.717) is 11.2 Å². The number of rotatable bonds is 0. The third-order valence-corrected chi connectivity index (χ3v) is 2.13. The van der Waals surface area contributed by atoms with Crippen molar-refractivity contribution in [1.82, 2.24) is 15.0 Å². The van der Waals surface area contributed by atoms with Gasteiger partial charge in [0.1, 0.15) is 5.52 Å². The minimum Gasteiger partial charge on any atom is -0.344 e. The van der Waals surface area contributed by atoms with E-state index >= 15 is 0 Å². The number of halogens is 2. The molecule has 0 bridgehead atoms. The molecule has 0 atom stereocenters. The number of nitrogens with zero attached hydrogens (tertiary/aromatic N) is 2. The Kier molecular flexibility index (Phi) is 1.52. The van der Waals surface area contributed by atoms with Gasteiger partial charge in [-0.05, 0) is 22.6 Å². The van der Waals surface area contributed by atoms with Gasteiger partial charge < -0.3 is 4.98 Å². The molecule has 0 aliphatic heterocycles. The highest BCUT2D eigenvalue weighted by Crippen LogP contribution is 2.14. The van der Waals surface area contributed by atoms with Crippen LogP contribution in [0.2, 0.25) is 0 Å². The molecule has 0 spiro atoms. The van der Waals surface area contributed by atoms with Crippen LogP contribution in [0.1, 0.15) is 0 Å². The first-order valence-corrected chi connectivity index (χ1v) is 4.00. The second-order valence-electron chi connectivity index (χ2n) is 2.03. The third kappa shape index (κ3) is 1.09. The number of fused-ring (bicyclic) bond motifs is 1. The van der Waals surface area contributed by atoms with E-state index < -0.39 is 5.95 Å². The SMILES string of the molecule is Fc1cnc2c(I)c[nH]c2n1. The smallest absolute Gasteiger partial charge is 0.233 e. The molecule has 0 saturated carbocycles. The van der Waals surface area contributed by atoms with Gasteiger partial charge in [-0.3, -0.25) is 0 Å². The lowest BCUT2D eigenvalue weighted by atomic mass is 10.5. The quantitative estimate of drug-likeness (QED) is 0.735. The average molecular weight is 263 g/mol. The highest BCUT2D eigenvalue weighted by molar-refractivity contribution is 14.1. The fourth-order valence-corrected chi connectivity index (χ4v) is 1.39. The second-order valence-corrected chi connectivity index (χ2v) is 3.19. The molecule has 0 saturated heterocycles. The summed E-state index contributed by atoms with van der Waals surface area (Å²) in [5, 5.41) is 0.